The lowest BCUT2D eigenvalue weighted by Gasteiger charge is -2.45. The minimum atomic E-state index is -0.846. The van der Waals surface area contributed by atoms with Crippen molar-refractivity contribution in [3.8, 4) is 0 Å². The van der Waals surface area contributed by atoms with Gasteiger partial charge in [0.2, 0.25) is 0 Å². The molecule has 5 rings (SSSR count). The van der Waals surface area contributed by atoms with E-state index in [0.29, 0.717) is 50.2 Å². The highest BCUT2D eigenvalue weighted by Crippen LogP contribution is 2.53. The number of nitrogens with zero attached hydrogens (tertiary/aromatic N) is 1. The van der Waals surface area contributed by atoms with Gasteiger partial charge in [-0.3, -0.25) is 14.4 Å². The Hall–Kier alpha value is -2.22. The van der Waals surface area contributed by atoms with Crippen LogP contribution >= 0.6 is 0 Å². The maximum absolute atomic E-state index is 13.7. The number of aryl methyl sites for hydroxylation is 2. The molecule has 31 heavy (non-hydrogen) atoms. The number of hydrogen-bond donors (Lipinski definition) is 0. The van der Waals surface area contributed by atoms with Gasteiger partial charge >= 0.3 is 5.97 Å². The SMILES string of the molecule is CON1C(=O)C(c2c(C)cccc2C)=C(OC(=O)C2CC2)C12CCC1(CC2)OCCO1. The van der Waals surface area contributed by atoms with Crippen LogP contribution in [0.2, 0.25) is 0 Å². The first kappa shape index (κ1) is 20.7. The number of amides is 1. The van der Waals surface area contributed by atoms with Gasteiger partial charge in [-0.25, -0.2) is 5.06 Å². The molecule has 1 aromatic carbocycles. The molecule has 166 valence electrons. The summed E-state index contributed by atoms with van der Waals surface area (Å²) in [5.74, 6) is -0.769. The summed E-state index contributed by atoms with van der Waals surface area (Å²) in [5, 5.41) is 1.42. The first-order valence-corrected chi connectivity index (χ1v) is 11.1. The molecule has 0 atom stereocenters. The number of esters is 1. The van der Waals surface area contributed by atoms with E-state index in [1.165, 1.54) is 12.2 Å². The van der Waals surface area contributed by atoms with Gasteiger partial charge in [-0.1, -0.05) is 18.2 Å². The Morgan fingerprint density at radius 2 is 1.68 bits per heavy atom. The Kier molecular flexibility index (Phi) is 4.95. The van der Waals surface area contributed by atoms with Crippen molar-refractivity contribution in [1.29, 1.82) is 0 Å². The zero-order chi connectivity index (χ0) is 21.8. The van der Waals surface area contributed by atoms with Crippen molar-refractivity contribution in [2.24, 2.45) is 5.92 Å². The minimum Gasteiger partial charge on any atom is -0.427 e. The van der Waals surface area contributed by atoms with Crippen LogP contribution < -0.4 is 0 Å². The second kappa shape index (κ2) is 7.43. The summed E-state index contributed by atoms with van der Waals surface area (Å²) in [6.45, 7) is 5.10. The predicted octanol–water partition coefficient (Wildman–Crippen LogP) is 3.43. The molecule has 7 nitrogen and oxygen atoms in total. The Balaban J connectivity index is 1.63. The van der Waals surface area contributed by atoms with Crippen LogP contribution in [-0.2, 0) is 28.6 Å². The van der Waals surface area contributed by atoms with Gasteiger partial charge in [0.1, 0.15) is 11.3 Å². The number of hydrogen-bond acceptors (Lipinski definition) is 6. The van der Waals surface area contributed by atoms with Crippen LogP contribution in [0.1, 0.15) is 55.2 Å². The molecule has 2 aliphatic heterocycles. The van der Waals surface area contributed by atoms with Crippen LogP contribution in [-0.4, -0.2) is 48.6 Å². The smallest absolute Gasteiger partial charge is 0.314 e. The van der Waals surface area contributed by atoms with E-state index in [1.54, 1.807) is 0 Å². The van der Waals surface area contributed by atoms with E-state index < -0.39 is 11.3 Å². The molecular formula is C24H29NO6. The van der Waals surface area contributed by atoms with Crippen molar-refractivity contribution >= 4 is 17.4 Å². The van der Waals surface area contributed by atoms with Crippen molar-refractivity contribution in [2.75, 3.05) is 20.3 Å². The van der Waals surface area contributed by atoms with Crippen LogP contribution in [0.5, 0.6) is 0 Å². The summed E-state index contributed by atoms with van der Waals surface area (Å²) < 4.78 is 17.9. The highest BCUT2D eigenvalue weighted by molar-refractivity contribution is 6.23. The zero-order valence-corrected chi connectivity index (χ0v) is 18.4. The number of carbonyl (C=O) groups excluding carboxylic acids is 2. The van der Waals surface area contributed by atoms with Crippen LogP contribution in [0.3, 0.4) is 0 Å². The summed E-state index contributed by atoms with van der Waals surface area (Å²) in [4.78, 5) is 32.2. The van der Waals surface area contributed by atoms with Gasteiger partial charge in [-0.2, -0.15) is 0 Å². The van der Waals surface area contributed by atoms with Crippen molar-refractivity contribution in [3.63, 3.8) is 0 Å². The summed E-state index contributed by atoms with van der Waals surface area (Å²) in [6, 6.07) is 5.91. The standard InChI is InChI=1S/C24H29NO6/c1-15-5-4-6-16(2)18(15)19-20(31-22(27)17-7-8-17)23(25(28-3)21(19)26)9-11-24(12-10-23)29-13-14-30-24/h4-6,17H,7-14H2,1-3H3. The molecule has 2 heterocycles. The van der Waals surface area contributed by atoms with Crippen molar-refractivity contribution in [2.45, 2.75) is 63.7 Å². The maximum Gasteiger partial charge on any atom is 0.314 e. The number of rotatable bonds is 4. The lowest BCUT2D eigenvalue weighted by atomic mass is 9.77. The Morgan fingerprint density at radius 1 is 1.06 bits per heavy atom. The van der Waals surface area contributed by atoms with Gasteiger partial charge in [-0.05, 0) is 56.2 Å². The van der Waals surface area contributed by atoms with E-state index in [1.807, 2.05) is 32.0 Å². The average molecular weight is 427 g/mol. The van der Waals surface area contributed by atoms with E-state index in [-0.39, 0.29) is 17.8 Å². The Morgan fingerprint density at radius 3 is 2.23 bits per heavy atom. The monoisotopic (exact) mass is 427 g/mol. The highest BCUT2D eigenvalue weighted by atomic mass is 16.7. The van der Waals surface area contributed by atoms with E-state index in [2.05, 4.69) is 0 Å². The van der Waals surface area contributed by atoms with E-state index in [0.717, 1.165) is 29.5 Å². The fourth-order valence-electron chi connectivity index (χ4n) is 5.31. The van der Waals surface area contributed by atoms with Gasteiger partial charge in [0.25, 0.3) is 5.91 Å². The van der Waals surface area contributed by atoms with E-state index in [9.17, 15) is 9.59 Å². The van der Waals surface area contributed by atoms with Crippen LogP contribution in [0, 0.1) is 19.8 Å². The molecule has 0 bridgehead atoms. The molecule has 2 spiro atoms. The Bertz CT molecular complexity index is 927. The van der Waals surface area contributed by atoms with E-state index >= 15 is 0 Å². The van der Waals surface area contributed by atoms with Gasteiger partial charge in [0, 0.05) is 12.8 Å². The molecule has 2 saturated carbocycles. The first-order valence-electron chi connectivity index (χ1n) is 11.1. The van der Waals surface area contributed by atoms with Crippen LogP contribution in [0.4, 0.5) is 0 Å². The molecular weight excluding hydrogens is 398 g/mol. The Labute approximate surface area is 182 Å². The molecule has 1 saturated heterocycles. The molecule has 7 heteroatoms. The van der Waals surface area contributed by atoms with Gasteiger partial charge in [0.05, 0.1) is 31.8 Å². The van der Waals surface area contributed by atoms with Gasteiger partial charge in [-0.15, -0.1) is 0 Å². The second-order valence-electron chi connectivity index (χ2n) is 9.09. The second-order valence-corrected chi connectivity index (χ2v) is 9.09. The zero-order valence-electron chi connectivity index (χ0n) is 18.4. The van der Waals surface area contributed by atoms with Crippen LogP contribution in [0.25, 0.3) is 5.57 Å². The molecule has 1 aromatic rings. The molecule has 1 amide bonds. The third-order valence-corrected chi connectivity index (χ3v) is 7.12. The number of hydroxylamine groups is 2. The normalized spacial score (nSPS) is 24.5. The van der Waals surface area contributed by atoms with Crippen molar-refractivity contribution in [3.05, 3.63) is 40.6 Å². The number of benzene rings is 1. The molecule has 3 fully saturated rings. The maximum atomic E-state index is 13.7. The number of carbonyl (C=O) groups is 2. The first-order chi connectivity index (χ1) is 14.9. The summed E-state index contributed by atoms with van der Waals surface area (Å²) in [7, 11) is 1.50. The third kappa shape index (κ3) is 3.22. The van der Waals surface area contributed by atoms with Crippen molar-refractivity contribution in [1.82, 2.24) is 5.06 Å². The largest absolute Gasteiger partial charge is 0.427 e. The minimum absolute atomic E-state index is 0.0769. The lowest BCUT2D eigenvalue weighted by molar-refractivity contribution is -0.233. The fraction of sp³-hybridized carbons (Fsp3) is 0.583. The van der Waals surface area contributed by atoms with Crippen molar-refractivity contribution < 1.29 is 28.6 Å². The predicted molar refractivity (Wildman–Crippen MR) is 111 cm³/mol. The van der Waals surface area contributed by atoms with Crippen LogP contribution in [0.15, 0.2) is 24.0 Å². The topological polar surface area (TPSA) is 74.3 Å². The molecule has 2 aliphatic carbocycles. The molecule has 0 radical (unpaired) electrons. The fourth-order valence-corrected chi connectivity index (χ4v) is 5.31. The molecule has 0 N–H and O–H groups in total. The highest BCUT2D eigenvalue weighted by Gasteiger charge is 2.60. The molecule has 0 aromatic heterocycles. The lowest BCUT2D eigenvalue weighted by Crippen LogP contribution is -2.54. The quantitative estimate of drug-likeness (QED) is 0.686. The average Bonchev–Trinajstić information content (AvgIpc) is 3.47. The van der Waals surface area contributed by atoms with Gasteiger partial charge in [0.15, 0.2) is 5.79 Å². The summed E-state index contributed by atoms with van der Waals surface area (Å²) >= 11 is 0. The summed E-state index contributed by atoms with van der Waals surface area (Å²) in [5.41, 5.74) is 2.34. The molecule has 0 unspecified atom stereocenters. The third-order valence-electron chi connectivity index (χ3n) is 7.12. The van der Waals surface area contributed by atoms with Gasteiger partial charge < -0.3 is 14.2 Å². The molecule has 4 aliphatic rings. The summed E-state index contributed by atoms with van der Waals surface area (Å²) in [6.07, 6.45) is 3.95. The number of ether oxygens (including phenoxy) is 3. The van der Waals surface area contributed by atoms with E-state index in [4.69, 9.17) is 19.0 Å².